The molecule has 0 bridgehead atoms. The largest absolute Gasteiger partial charge is 0.308 e. The van der Waals surface area contributed by atoms with E-state index in [1.165, 1.54) is 21.5 Å². The van der Waals surface area contributed by atoms with Crippen LogP contribution in [0.2, 0.25) is 0 Å². The Hall–Kier alpha value is -7.63. The van der Waals surface area contributed by atoms with Crippen molar-refractivity contribution in [1.82, 2.24) is 24.1 Å². The Morgan fingerprint density at radius 1 is 0.286 bits per heavy atom. The molecule has 0 fully saturated rings. The molecule has 0 amide bonds. The highest BCUT2D eigenvalue weighted by atomic mass is 15.1. The number of hydrogen-bond acceptors (Lipinski definition) is 3. The minimum Gasteiger partial charge on any atom is -0.308 e. The number of rotatable bonds is 6. The van der Waals surface area contributed by atoms with Gasteiger partial charge in [0.25, 0.3) is 0 Å². The second kappa shape index (κ2) is 13.0. The number of para-hydroxylation sites is 4. The highest BCUT2D eigenvalue weighted by molar-refractivity contribution is 6.12. The molecule has 11 rings (SSSR count). The van der Waals surface area contributed by atoms with E-state index < -0.39 is 0 Å². The molecule has 0 aliphatic rings. The van der Waals surface area contributed by atoms with Gasteiger partial charge in [0.2, 0.25) is 0 Å². The van der Waals surface area contributed by atoms with E-state index in [1.54, 1.807) is 0 Å². The van der Waals surface area contributed by atoms with Crippen molar-refractivity contribution >= 4 is 43.6 Å². The first-order valence-electron chi connectivity index (χ1n) is 18.9. The summed E-state index contributed by atoms with van der Waals surface area (Å²) >= 11 is 0. The van der Waals surface area contributed by atoms with Crippen molar-refractivity contribution in [2.45, 2.75) is 0 Å². The average molecular weight is 716 g/mol. The summed E-state index contributed by atoms with van der Waals surface area (Å²) in [5.74, 6) is 1.81. The summed E-state index contributed by atoms with van der Waals surface area (Å²) in [6.45, 7) is 0. The zero-order chi connectivity index (χ0) is 37.0. The molecule has 3 aromatic heterocycles. The van der Waals surface area contributed by atoms with E-state index in [0.717, 1.165) is 61.3 Å². The third-order valence-electron chi connectivity index (χ3n) is 10.8. The van der Waals surface area contributed by atoms with E-state index in [4.69, 9.17) is 15.0 Å². The summed E-state index contributed by atoms with van der Waals surface area (Å²) in [5.41, 5.74) is 11.3. The molecular formula is C51H33N5. The summed E-state index contributed by atoms with van der Waals surface area (Å²) in [6.07, 6.45) is 0. The number of fused-ring (bicyclic) bond motifs is 6. The topological polar surface area (TPSA) is 48.5 Å². The van der Waals surface area contributed by atoms with Crippen molar-refractivity contribution < 1.29 is 0 Å². The van der Waals surface area contributed by atoms with Crippen LogP contribution in [-0.2, 0) is 0 Å². The normalized spacial score (nSPS) is 11.6. The number of aromatic nitrogens is 5. The second-order valence-electron chi connectivity index (χ2n) is 14.0. The van der Waals surface area contributed by atoms with Gasteiger partial charge in [-0.1, -0.05) is 170 Å². The van der Waals surface area contributed by atoms with Crippen LogP contribution in [0, 0.1) is 0 Å². The first-order chi connectivity index (χ1) is 27.8. The number of benzene rings is 8. The van der Waals surface area contributed by atoms with Gasteiger partial charge in [0.05, 0.1) is 39.0 Å². The third-order valence-corrected chi connectivity index (χ3v) is 10.8. The SMILES string of the molecule is c1ccc(-c2nc(-c3ccccc3)nc(-c3c(-n4c5ccccc5c5ccccc54)ccc(-c4ccccc4)c3-n3c4ccccc4c4ccccc43)n2)cc1. The predicted molar refractivity (Wildman–Crippen MR) is 230 cm³/mol. The van der Waals surface area contributed by atoms with Crippen molar-refractivity contribution in [3.63, 3.8) is 0 Å². The fourth-order valence-corrected chi connectivity index (χ4v) is 8.34. The fraction of sp³-hybridized carbons (Fsp3) is 0. The van der Waals surface area contributed by atoms with Gasteiger partial charge in [-0.05, 0) is 35.9 Å². The lowest BCUT2D eigenvalue weighted by Gasteiger charge is -2.23. The van der Waals surface area contributed by atoms with Crippen LogP contribution in [0.5, 0.6) is 0 Å². The lowest BCUT2D eigenvalue weighted by atomic mass is 9.96. The van der Waals surface area contributed by atoms with Crippen LogP contribution >= 0.6 is 0 Å². The Balaban J connectivity index is 1.38. The van der Waals surface area contributed by atoms with Gasteiger partial charge < -0.3 is 9.13 Å². The molecule has 11 aromatic rings. The van der Waals surface area contributed by atoms with Gasteiger partial charge in [-0.25, -0.2) is 15.0 Å². The summed E-state index contributed by atoms with van der Waals surface area (Å²) in [6, 6.07) is 70.3. The quantitative estimate of drug-likeness (QED) is 0.172. The van der Waals surface area contributed by atoms with Crippen LogP contribution in [0.1, 0.15) is 0 Å². The Kier molecular flexibility index (Phi) is 7.42. The Morgan fingerprint density at radius 2 is 0.643 bits per heavy atom. The van der Waals surface area contributed by atoms with Crippen molar-refractivity contribution in [3.05, 3.63) is 200 Å². The smallest absolute Gasteiger partial charge is 0.168 e. The molecule has 0 N–H and O–H groups in total. The van der Waals surface area contributed by atoms with Gasteiger partial charge in [0.1, 0.15) is 0 Å². The molecule has 0 spiro atoms. The van der Waals surface area contributed by atoms with E-state index in [2.05, 4.69) is 173 Å². The summed E-state index contributed by atoms with van der Waals surface area (Å²) in [4.78, 5) is 16.0. The number of nitrogens with zero attached hydrogens (tertiary/aromatic N) is 5. The molecule has 0 radical (unpaired) electrons. The molecule has 8 aromatic carbocycles. The molecule has 0 saturated heterocycles. The maximum Gasteiger partial charge on any atom is 0.168 e. The van der Waals surface area contributed by atoms with E-state index in [-0.39, 0.29) is 0 Å². The van der Waals surface area contributed by atoms with Gasteiger partial charge in [0.15, 0.2) is 17.5 Å². The number of hydrogen-bond donors (Lipinski definition) is 0. The summed E-state index contributed by atoms with van der Waals surface area (Å²) in [5, 5.41) is 4.73. The van der Waals surface area contributed by atoms with E-state index in [1.807, 2.05) is 36.4 Å². The zero-order valence-electron chi connectivity index (χ0n) is 30.3. The maximum absolute atomic E-state index is 5.45. The molecule has 0 atom stereocenters. The average Bonchev–Trinajstić information content (AvgIpc) is 3.79. The molecule has 5 heteroatoms. The lowest BCUT2D eigenvalue weighted by Crippen LogP contribution is -2.09. The minimum atomic E-state index is 0.587. The van der Waals surface area contributed by atoms with Gasteiger partial charge in [-0.2, -0.15) is 0 Å². The molecule has 0 aliphatic carbocycles. The minimum absolute atomic E-state index is 0.587. The molecule has 56 heavy (non-hydrogen) atoms. The van der Waals surface area contributed by atoms with Crippen LogP contribution in [0.15, 0.2) is 200 Å². The van der Waals surface area contributed by atoms with Gasteiger partial charge in [-0.15, -0.1) is 0 Å². The van der Waals surface area contributed by atoms with Gasteiger partial charge in [-0.3, -0.25) is 0 Å². The first-order valence-corrected chi connectivity index (χ1v) is 18.9. The van der Waals surface area contributed by atoms with Gasteiger partial charge >= 0.3 is 0 Å². The summed E-state index contributed by atoms with van der Waals surface area (Å²) in [7, 11) is 0. The van der Waals surface area contributed by atoms with Crippen molar-refractivity contribution in [2.75, 3.05) is 0 Å². The Labute approximate surface area is 323 Å². The molecule has 3 heterocycles. The Morgan fingerprint density at radius 3 is 1.09 bits per heavy atom. The van der Waals surface area contributed by atoms with Crippen LogP contribution in [0.4, 0.5) is 0 Å². The van der Waals surface area contributed by atoms with Crippen LogP contribution in [0.25, 0.3) is 100 Å². The van der Waals surface area contributed by atoms with Crippen molar-refractivity contribution in [3.8, 4) is 56.7 Å². The zero-order valence-corrected chi connectivity index (χ0v) is 30.3. The predicted octanol–water partition coefficient (Wildman–Crippen LogP) is 12.7. The third kappa shape index (κ3) is 5.06. The van der Waals surface area contributed by atoms with E-state index in [9.17, 15) is 0 Å². The fourth-order valence-electron chi connectivity index (χ4n) is 8.34. The molecular weight excluding hydrogens is 683 g/mol. The van der Waals surface area contributed by atoms with Crippen LogP contribution < -0.4 is 0 Å². The monoisotopic (exact) mass is 715 g/mol. The Bertz CT molecular complexity index is 3070. The molecule has 5 nitrogen and oxygen atoms in total. The van der Waals surface area contributed by atoms with Crippen LogP contribution in [0.3, 0.4) is 0 Å². The highest BCUT2D eigenvalue weighted by Crippen LogP contribution is 2.45. The molecule has 0 aliphatic heterocycles. The highest BCUT2D eigenvalue weighted by Gasteiger charge is 2.27. The molecule has 0 unspecified atom stereocenters. The first kappa shape index (κ1) is 31.9. The van der Waals surface area contributed by atoms with Crippen molar-refractivity contribution in [1.29, 1.82) is 0 Å². The second-order valence-corrected chi connectivity index (χ2v) is 14.0. The molecule has 262 valence electrons. The van der Waals surface area contributed by atoms with E-state index >= 15 is 0 Å². The molecule has 0 saturated carbocycles. The van der Waals surface area contributed by atoms with Gasteiger partial charge in [0, 0.05) is 38.2 Å². The lowest BCUT2D eigenvalue weighted by molar-refractivity contribution is 1.05. The maximum atomic E-state index is 5.45. The standard InChI is InChI=1S/C51H33N5/c1-4-18-34(19-5-1)37-32-33-46(55-42-28-14-10-24-38(42)39-25-11-15-29-43(39)55)47(48(37)56-44-30-16-12-26-40(44)41-27-13-17-31-45(41)56)51-53-49(35-20-6-2-7-21-35)52-50(54-51)36-22-8-3-9-23-36/h1-33H. The van der Waals surface area contributed by atoms with E-state index in [0.29, 0.717) is 17.5 Å². The van der Waals surface area contributed by atoms with Crippen LogP contribution in [-0.4, -0.2) is 24.1 Å². The summed E-state index contributed by atoms with van der Waals surface area (Å²) < 4.78 is 4.81. The van der Waals surface area contributed by atoms with Crippen molar-refractivity contribution in [2.24, 2.45) is 0 Å².